The minimum atomic E-state index is -0.676. The zero-order valence-electron chi connectivity index (χ0n) is 17.5. The van der Waals surface area contributed by atoms with Gasteiger partial charge in [-0.2, -0.15) is 0 Å². The number of hydrogen-bond acceptors (Lipinski definition) is 5. The second-order valence-corrected chi connectivity index (χ2v) is 7.46. The fourth-order valence-electron chi connectivity index (χ4n) is 2.93. The van der Waals surface area contributed by atoms with Gasteiger partial charge in [-0.3, -0.25) is 14.9 Å². The van der Waals surface area contributed by atoms with Crippen LogP contribution in [0.25, 0.3) is 6.08 Å². The Labute approximate surface area is 175 Å². The molecule has 0 aliphatic heterocycles. The average Bonchev–Trinajstić information content (AvgIpc) is 2.70. The molecule has 1 N–H and O–H groups in total. The van der Waals surface area contributed by atoms with E-state index in [1.165, 1.54) is 36.4 Å². The van der Waals surface area contributed by atoms with Gasteiger partial charge in [0.05, 0.1) is 4.92 Å². The number of nitrogens with zero attached hydrogens (tertiary/aromatic N) is 1. The maximum atomic E-state index is 12.4. The summed E-state index contributed by atoms with van der Waals surface area (Å²) >= 11 is 0. The molecule has 1 amide bonds. The minimum absolute atomic E-state index is 0.0335. The third-order valence-corrected chi connectivity index (χ3v) is 4.50. The number of rotatable bonds is 8. The lowest BCUT2D eigenvalue weighted by Crippen LogP contribution is -2.22. The summed E-state index contributed by atoms with van der Waals surface area (Å²) in [4.78, 5) is 34.4. The maximum absolute atomic E-state index is 12.4. The number of para-hydroxylation sites is 1. The quantitative estimate of drug-likeness (QED) is 0.285. The summed E-state index contributed by atoms with van der Waals surface area (Å²) in [5.74, 6) is -0.635. The van der Waals surface area contributed by atoms with Crippen LogP contribution in [0.3, 0.4) is 0 Å². The second kappa shape index (κ2) is 10.3. The molecule has 0 aliphatic rings. The van der Waals surface area contributed by atoms with Crippen molar-refractivity contribution in [2.24, 2.45) is 0 Å². The lowest BCUT2D eigenvalue weighted by Gasteiger charge is -2.20. The second-order valence-electron chi connectivity index (χ2n) is 7.46. The van der Waals surface area contributed by atoms with Crippen LogP contribution in [0.5, 0.6) is 0 Å². The first-order chi connectivity index (χ1) is 14.2. The van der Waals surface area contributed by atoms with E-state index < -0.39 is 23.4 Å². The fraction of sp³-hybridized carbons (Fsp3) is 0.304. The smallest absolute Gasteiger partial charge is 0.331 e. The van der Waals surface area contributed by atoms with Crippen molar-refractivity contribution in [3.63, 3.8) is 0 Å². The molecule has 2 rings (SSSR count). The van der Waals surface area contributed by atoms with Gasteiger partial charge < -0.3 is 10.1 Å². The summed E-state index contributed by atoms with van der Waals surface area (Å²) in [6, 6.07) is 11.7. The molecule has 0 aliphatic carbocycles. The first-order valence-corrected chi connectivity index (χ1v) is 9.71. The number of ether oxygens (including phenoxy) is 1. The number of hydrogen-bond donors (Lipinski definition) is 1. The number of esters is 1. The van der Waals surface area contributed by atoms with Gasteiger partial charge in [0, 0.05) is 23.9 Å². The molecule has 0 spiro atoms. The van der Waals surface area contributed by atoms with Gasteiger partial charge >= 0.3 is 5.97 Å². The zero-order chi connectivity index (χ0) is 22.3. The number of nitrogens with one attached hydrogen (secondary N) is 1. The predicted octanol–water partition coefficient (Wildman–Crippen LogP) is 5.04. The summed E-state index contributed by atoms with van der Waals surface area (Å²) in [6.45, 7) is 7.81. The van der Waals surface area contributed by atoms with E-state index in [0.717, 1.165) is 16.8 Å². The minimum Gasteiger partial charge on any atom is -0.452 e. The van der Waals surface area contributed by atoms with Crippen LogP contribution in [-0.4, -0.2) is 23.4 Å². The molecule has 0 unspecified atom stereocenters. The van der Waals surface area contributed by atoms with Crippen molar-refractivity contribution in [3.05, 3.63) is 75.3 Å². The molecule has 0 heterocycles. The zero-order valence-corrected chi connectivity index (χ0v) is 17.5. The van der Waals surface area contributed by atoms with Gasteiger partial charge in [0.2, 0.25) is 0 Å². The third kappa shape index (κ3) is 6.27. The van der Waals surface area contributed by atoms with Crippen molar-refractivity contribution >= 4 is 29.3 Å². The molecule has 0 bridgehead atoms. The molecule has 2 aromatic carbocycles. The van der Waals surface area contributed by atoms with E-state index in [0.29, 0.717) is 5.56 Å². The summed E-state index contributed by atoms with van der Waals surface area (Å²) in [6.07, 6.45) is 2.64. The number of non-ortho nitro benzene ring substituents is 1. The van der Waals surface area contributed by atoms with Crippen molar-refractivity contribution < 1.29 is 19.2 Å². The number of carbonyl (C=O) groups excluding carboxylic acids is 2. The molecule has 0 aromatic heterocycles. The Bertz CT molecular complexity index is 920. The van der Waals surface area contributed by atoms with Gasteiger partial charge in [-0.05, 0) is 46.7 Å². The molecule has 0 saturated carbocycles. The Kier molecular flexibility index (Phi) is 7.86. The standard InChI is InChI=1S/C23H26N2O5/c1-15(2)19-6-5-7-20(16(3)4)23(19)24-21(26)14-30-22(27)13-10-17-8-11-18(12-9-17)25(28)29/h5-13,15-16H,14H2,1-4H3,(H,24,26)/b13-10+. The largest absolute Gasteiger partial charge is 0.452 e. The molecule has 0 atom stereocenters. The highest BCUT2D eigenvalue weighted by molar-refractivity contribution is 5.96. The normalized spacial score (nSPS) is 11.1. The average molecular weight is 410 g/mol. The summed E-state index contributed by atoms with van der Waals surface area (Å²) in [7, 11) is 0. The Morgan fingerprint density at radius 3 is 2.10 bits per heavy atom. The lowest BCUT2D eigenvalue weighted by atomic mass is 9.92. The first-order valence-electron chi connectivity index (χ1n) is 9.71. The number of carbonyl (C=O) groups is 2. The van der Waals surface area contributed by atoms with Crippen molar-refractivity contribution in [1.29, 1.82) is 0 Å². The Morgan fingerprint density at radius 2 is 1.60 bits per heavy atom. The van der Waals surface area contributed by atoms with E-state index in [1.807, 2.05) is 18.2 Å². The molecule has 0 radical (unpaired) electrons. The monoisotopic (exact) mass is 410 g/mol. The Morgan fingerprint density at radius 1 is 1.03 bits per heavy atom. The van der Waals surface area contributed by atoms with E-state index in [9.17, 15) is 19.7 Å². The summed E-state index contributed by atoms with van der Waals surface area (Å²) in [5, 5.41) is 13.5. The third-order valence-electron chi connectivity index (χ3n) is 4.50. The van der Waals surface area contributed by atoms with Crippen LogP contribution in [0, 0.1) is 10.1 Å². The fourth-order valence-corrected chi connectivity index (χ4v) is 2.93. The van der Waals surface area contributed by atoms with Gasteiger partial charge in [-0.25, -0.2) is 4.79 Å². The van der Waals surface area contributed by atoms with Gasteiger partial charge in [-0.1, -0.05) is 45.9 Å². The van der Waals surface area contributed by atoms with E-state index in [1.54, 1.807) is 0 Å². The van der Waals surface area contributed by atoms with Gasteiger partial charge in [0.1, 0.15) is 0 Å². The molecule has 0 fully saturated rings. The van der Waals surface area contributed by atoms with Crippen LogP contribution in [0.1, 0.15) is 56.2 Å². The summed E-state index contributed by atoms with van der Waals surface area (Å²) in [5.41, 5.74) is 3.39. The predicted molar refractivity (Wildman–Crippen MR) is 116 cm³/mol. The van der Waals surface area contributed by atoms with Gasteiger partial charge in [0.25, 0.3) is 11.6 Å². The van der Waals surface area contributed by atoms with Crippen molar-refractivity contribution in [1.82, 2.24) is 0 Å². The van der Waals surface area contributed by atoms with Crippen LogP contribution in [0.15, 0.2) is 48.5 Å². The highest BCUT2D eigenvalue weighted by atomic mass is 16.6. The molecule has 158 valence electrons. The number of amides is 1. The van der Waals surface area contributed by atoms with E-state index >= 15 is 0 Å². The Hall–Kier alpha value is -3.48. The van der Waals surface area contributed by atoms with Crippen molar-refractivity contribution in [2.45, 2.75) is 39.5 Å². The van der Waals surface area contributed by atoms with Gasteiger partial charge in [-0.15, -0.1) is 0 Å². The highest BCUT2D eigenvalue weighted by Gasteiger charge is 2.16. The number of nitro benzene ring substituents is 1. The molecule has 7 nitrogen and oxygen atoms in total. The first kappa shape index (κ1) is 22.8. The van der Waals surface area contributed by atoms with Crippen molar-refractivity contribution in [3.8, 4) is 0 Å². The van der Waals surface area contributed by atoms with Gasteiger partial charge in [0.15, 0.2) is 6.61 Å². The van der Waals surface area contributed by atoms with Crippen molar-refractivity contribution in [2.75, 3.05) is 11.9 Å². The molecular weight excluding hydrogens is 384 g/mol. The molecule has 7 heteroatoms. The number of benzene rings is 2. The number of nitro groups is 1. The SMILES string of the molecule is CC(C)c1cccc(C(C)C)c1NC(=O)COC(=O)/C=C/c1ccc([N+](=O)[O-])cc1. The lowest BCUT2D eigenvalue weighted by molar-refractivity contribution is -0.384. The Balaban J connectivity index is 1.98. The van der Waals surface area contributed by atoms with E-state index in [-0.39, 0.29) is 17.5 Å². The van der Waals surface area contributed by atoms with Crippen LogP contribution >= 0.6 is 0 Å². The number of anilines is 1. The highest BCUT2D eigenvalue weighted by Crippen LogP contribution is 2.32. The maximum Gasteiger partial charge on any atom is 0.331 e. The molecule has 30 heavy (non-hydrogen) atoms. The van der Waals surface area contributed by atoms with Crippen LogP contribution in [0.2, 0.25) is 0 Å². The summed E-state index contributed by atoms with van der Waals surface area (Å²) < 4.78 is 5.01. The van der Waals surface area contributed by atoms with E-state index in [4.69, 9.17) is 4.74 Å². The van der Waals surface area contributed by atoms with Crippen LogP contribution in [-0.2, 0) is 14.3 Å². The van der Waals surface area contributed by atoms with Crippen LogP contribution < -0.4 is 5.32 Å². The van der Waals surface area contributed by atoms with Crippen LogP contribution in [0.4, 0.5) is 11.4 Å². The molecule has 0 saturated heterocycles. The molecule has 2 aromatic rings. The molecular formula is C23H26N2O5. The van der Waals surface area contributed by atoms with E-state index in [2.05, 4.69) is 33.0 Å². The topological polar surface area (TPSA) is 98.5 Å².